The number of rotatable bonds is 7. The zero-order valence-electron chi connectivity index (χ0n) is 11.3. The molecule has 0 heterocycles. The maximum Gasteiger partial charge on any atom is 0.316 e. The van der Waals surface area contributed by atoms with E-state index in [9.17, 15) is 9.59 Å². The average Bonchev–Trinajstić information content (AvgIpc) is 2.38. The minimum atomic E-state index is -0.663. The van der Waals surface area contributed by atoms with Crippen molar-refractivity contribution in [3.63, 3.8) is 0 Å². The van der Waals surface area contributed by atoms with Crippen molar-refractivity contribution in [1.82, 2.24) is 0 Å². The Hall–Kier alpha value is -1.35. The smallest absolute Gasteiger partial charge is 0.316 e. The highest BCUT2D eigenvalue weighted by molar-refractivity contribution is 6.30. The summed E-state index contributed by atoms with van der Waals surface area (Å²) in [5.74, 6) is -1.22. The SMILES string of the molecule is CCCCC(C(=O)Cc1cccc(Cl)c1)C(=O)OC. The third kappa shape index (κ3) is 5.03. The molecule has 0 saturated heterocycles. The van der Waals surface area contributed by atoms with Crippen LogP contribution in [-0.2, 0) is 20.7 Å². The Kier molecular flexibility index (Phi) is 6.57. The quantitative estimate of drug-likeness (QED) is 0.568. The molecule has 0 spiro atoms. The minimum absolute atomic E-state index is 0.109. The molecule has 1 aromatic carbocycles. The Balaban J connectivity index is 2.73. The number of hydrogen-bond acceptors (Lipinski definition) is 3. The summed E-state index contributed by atoms with van der Waals surface area (Å²) in [6, 6.07) is 7.13. The van der Waals surface area contributed by atoms with Gasteiger partial charge in [-0.2, -0.15) is 0 Å². The molecule has 0 bridgehead atoms. The predicted molar refractivity (Wildman–Crippen MR) is 75.2 cm³/mol. The number of esters is 1. The average molecular weight is 283 g/mol. The summed E-state index contributed by atoms with van der Waals surface area (Å²) in [6.07, 6.45) is 2.53. The number of carbonyl (C=O) groups excluding carboxylic acids is 2. The van der Waals surface area contributed by atoms with Gasteiger partial charge in [0.2, 0.25) is 0 Å². The van der Waals surface area contributed by atoms with Crippen LogP contribution in [0.4, 0.5) is 0 Å². The Morgan fingerprint density at radius 3 is 2.68 bits per heavy atom. The van der Waals surface area contributed by atoms with E-state index in [2.05, 4.69) is 0 Å². The second kappa shape index (κ2) is 7.95. The second-order valence-electron chi connectivity index (χ2n) is 4.49. The van der Waals surface area contributed by atoms with Crippen LogP contribution in [0, 0.1) is 5.92 Å². The van der Waals surface area contributed by atoms with E-state index >= 15 is 0 Å². The summed E-state index contributed by atoms with van der Waals surface area (Å²) in [5.41, 5.74) is 0.822. The summed E-state index contributed by atoms with van der Waals surface area (Å²) >= 11 is 5.88. The third-order valence-electron chi connectivity index (χ3n) is 2.99. The van der Waals surface area contributed by atoms with Crippen LogP contribution >= 0.6 is 11.6 Å². The highest BCUT2D eigenvalue weighted by Gasteiger charge is 2.26. The Morgan fingerprint density at radius 2 is 2.11 bits per heavy atom. The van der Waals surface area contributed by atoms with Crippen LogP contribution in [0.3, 0.4) is 0 Å². The van der Waals surface area contributed by atoms with Crippen LogP contribution in [0.25, 0.3) is 0 Å². The Bertz CT molecular complexity index is 443. The number of ether oxygens (including phenoxy) is 1. The number of ketones is 1. The predicted octanol–water partition coefficient (Wildman–Crippen LogP) is 3.43. The number of Topliss-reactive ketones (excluding diaryl/α,β-unsaturated/α-hetero) is 1. The number of methoxy groups -OCH3 is 1. The standard InChI is InChI=1S/C15H19ClO3/c1-3-4-8-13(15(18)19-2)14(17)10-11-6-5-7-12(16)9-11/h5-7,9,13H,3-4,8,10H2,1-2H3. The molecule has 0 saturated carbocycles. The van der Waals surface area contributed by atoms with Gasteiger partial charge in [-0.3, -0.25) is 9.59 Å². The summed E-state index contributed by atoms with van der Waals surface area (Å²) in [5, 5.41) is 0.591. The summed E-state index contributed by atoms with van der Waals surface area (Å²) in [7, 11) is 1.31. The molecule has 0 aliphatic carbocycles. The molecule has 0 amide bonds. The molecule has 4 heteroatoms. The van der Waals surface area contributed by atoms with Crippen LogP contribution in [-0.4, -0.2) is 18.9 Å². The van der Waals surface area contributed by atoms with E-state index in [-0.39, 0.29) is 12.2 Å². The van der Waals surface area contributed by atoms with Crippen LogP contribution in [0.5, 0.6) is 0 Å². The first kappa shape index (κ1) is 15.7. The van der Waals surface area contributed by atoms with Gasteiger partial charge in [0, 0.05) is 11.4 Å². The number of benzene rings is 1. The lowest BCUT2D eigenvalue weighted by Crippen LogP contribution is -2.26. The number of hydrogen-bond donors (Lipinski definition) is 0. The second-order valence-corrected chi connectivity index (χ2v) is 4.93. The van der Waals surface area contributed by atoms with E-state index in [1.54, 1.807) is 18.2 Å². The van der Waals surface area contributed by atoms with Crippen molar-refractivity contribution >= 4 is 23.4 Å². The van der Waals surface area contributed by atoms with Crippen LogP contribution < -0.4 is 0 Å². The van der Waals surface area contributed by atoms with Gasteiger partial charge in [0.15, 0.2) is 5.78 Å². The molecule has 0 aliphatic rings. The van der Waals surface area contributed by atoms with Crippen molar-refractivity contribution in [1.29, 1.82) is 0 Å². The molecule has 0 aromatic heterocycles. The van der Waals surface area contributed by atoms with Crippen LogP contribution in [0.2, 0.25) is 5.02 Å². The van der Waals surface area contributed by atoms with Crippen molar-refractivity contribution in [3.05, 3.63) is 34.9 Å². The van der Waals surface area contributed by atoms with Gasteiger partial charge < -0.3 is 4.74 Å². The summed E-state index contributed by atoms with van der Waals surface area (Å²) in [6.45, 7) is 2.02. The Morgan fingerprint density at radius 1 is 1.37 bits per heavy atom. The lowest BCUT2D eigenvalue weighted by atomic mass is 9.93. The summed E-state index contributed by atoms with van der Waals surface area (Å²) in [4.78, 5) is 23.8. The molecule has 0 radical (unpaired) electrons. The molecule has 0 aliphatic heterocycles. The van der Waals surface area contributed by atoms with E-state index in [1.807, 2.05) is 13.0 Å². The van der Waals surface area contributed by atoms with Gasteiger partial charge in [0.25, 0.3) is 0 Å². The number of carbonyl (C=O) groups is 2. The normalized spacial score (nSPS) is 11.9. The summed E-state index contributed by atoms with van der Waals surface area (Å²) < 4.78 is 4.71. The van der Waals surface area contributed by atoms with E-state index in [0.29, 0.717) is 11.4 Å². The topological polar surface area (TPSA) is 43.4 Å². The van der Waals surface area contributed by atoms with Crippen LogP contribution in [0.15, 0.2) is 24.3 Å². The van der Waals surface area contributed by atoms with Gasteiger partial charge in [-0.1, -0.05) is 43.5 Å². The molecule has 104 valence electrons. The molecule has 1 rings (SSSR count). The van der Waals surface area contributed by atoms with Gasteiger partial charge in [-0.25, -0.2) is 0 Å². The first-order chi connectivity index (χ1) is 9.08. The van der Waals surface area contributed by atoms with Crippen molar-refractivity contribution in [3.8, 4) is 0 Å². The monoisotopic (exact) mass is 282 g/mol. The van der Waals surface area contributed by atoms with E-state index in [0.717, 1.165) is 18.4 Å². The van der Waals surface area contributed by atoms with Crippen molar-refractivity contribution < 1.29 is 14.3 Å². The molecule has 1 atom stereocenters. The van der Waals surface area contributed by atoms with Crippen LogP contribution in [0.1, 0.15) is 31.7 Å². The zero-order chi connectivity index (χ0) is 14.3. The molecule has 19 heavy (non-hydrogen) atoms. The fourth-order valence-electron chi connectivity index (χ4n) is 1.93. The van der Waals surface area contributed by atoms with Gasteiger partial charge in [-0.15, -0.1) is 0 Å². The highest BCUT2D eigenvalue weighted by atomic mass is 35.5. The maximum absolute atomic E-state index is 12.2. The first-order valence-electron chi connectivity index (χ1n) is 6.43. The van der Waals surface area contributed by atoms with E-state index in [1.165, 1.54) is 7.11 Å². The molecule has 1 aromatic rings. The lowest BCUT2D eigenvalue weighted by molar-refractivity contribution is -0.149. The van der Waals surface area contributed by atoms with Gasteiger partial charge in [0.1, 0.15) is 5.92 Å². The fourth-order valence-corrected chi connectivity index (χ4v) is 2.14. The molecular formula is C15H19ClO3. The van der Waals surface area contributed by atoms with Crippen molar-refractivity contribution in [2.75, 3.05) is 7.11 Å². The zero-order valence-corrected chi connectivity index (χ0v) is 12.1. The first-order valence-corrected chi connectivity index (χ1v) is 6.81. The van der Waals surface area contributed by atoms with E-state index in [4.69, 9.17) is 16.3 Å². The number of unbranched alkanes of at least 4 members (excludes halogenated alkanes) is 1. The molecule has 0 fully saturated rings. The van der Waals surface area contributed by atoms with Gasteiger partial charge in [-0.05, 0) is 24.1 Å². The van der Waals surface area contributed by atoms with E-state index < -0.39 is 11.9 Å². The maximum atomic E-state index is 12.2. The largest absolute Gasteiger partial charge is 0.468 e. The van der Waals surface area contributed by atoms with Crippen molar-refractivity contribution in [2.45, 2.75) is 32.6 Å². The van der Waals surface area contributed by atoms with Crippen molar-refractivity contribution in [2.24, 2.45) is 5.92 Å². The Labute approximate surface area is 118 Å². The lowest BCUT2D eigenvalue weighted by Gasteiger charge is -2.13. The highest BCUT2D eigenvalue weighted by Crippen LogP contribution is 2.17. The minimum Gasteiger partial charge on any atom is -0.468 e. The fraction of sp³-hybridized carbons (Fsp3) is 0.467. The molecule has 0 N–H and O–H groups in total. The molecular weight excluding hydrogens is 264 g/mol. The van der Waals surface area contributed by atoms with Gasteiger partial charge >= 0.3 is 5.97 Å². The molecule has 3 nitrogen and oxygen atoms in total. The van der Waals surface area contributed by atoms with Gasteiger partial charge in [0.05, 0.1) is 7.11 Å². The molecule has 1 unspecified atom stereocenters. The third-order valence-corrected chi connectivity index (χ3v) is 3.22. The number of halogens is 1.